The molecule has 0 saturated carbocycles. The molecule has 0 fully saturated rings. The molecule has 0 aliphatic heterocycles. The van der Waals surface area contributed by atoms with Crippen molar-refractivity contribution in [2.75, 3.05) is 13.7 Å². The second-order valence-electron chi connectivity index (χ2n) is 3.71. The van der Waals surface area contributed by atoms with E-state index in [1.54, 1.807) is 14.0 Å². The number of alkyl halides is 1. The van der Waals surface area contributed by atoms with Gasteiger partial charge in [-0.3, -0.25) is 4.79 Å². The highest BCUT2D eigenvalue weighted by Crippen LogP contribution is 2.26. The second-order valence-corrected chi connectivity index (χ2v) is 4.27. The monoisotopic (exact) mass is 300 g/mol. The van der Waals surface area contributed by atoms with E-state index in [0.29, 0.717) is 6.61 Å². The molecule has 0 bridgehead atoms. The van der Waals surface area contributed by atoms with Crippen LogP contribution in [0.2, 0.25) is 0 Å². The lowest BCUT2D eigenvalue weighted by Gasteiger charge is -2.13. The van der Waals surface area contributed by atoms with Crippen molar-refractivity contribution in [1.82, 2.24) is 0 Å². The minimum absolute atomic E-state index is 0.222. The maximum atomic E-state index is 11.5. The molecule has 0 N–H and O–H groups in total. The van der Waals surface area contributed by atoms with E-state index < -0.39 is 0 Å². The SMILES string of the molecule is CCOC(=O)Cc1c(C)cc(CBr)cc1OC. The van der Waals surface area contributed by atoms with Crippen LogP contribution in [0.1, 0.15) is 23.6 Å². The Morgan fingerprint density at radius 2 is 2.12 bits per heavy atom. The Hall–Kier alpha value is -1.03. The first-order valence-electron chi connectivity index (χ1n) is 5.50. The van der Waals surface area contributed by atoms with Crippen LogP contribution < -0.4 is 4.74 Å². The topological polar surface area (TPSA) is 35.5 Å². The minimum atomic E-state index is -0.222. The molecule has 1 aromatic carbocycles. The fourth-order valence-corrected chi connectivity index (χ4v) is 2.02. The number of carbonyl (C=O) groups is 1. The number of ether oxygens (including phenoxy) is 2. The molecule has 0 amide bonds. The maximum absolute atomic E-state index is 11.5. The number of hydrogen-bond acceptors (Lipinski definition) is 3. The molecular weight excluding hydrogens is 284 g/mol. The van der Waals surface area contributed by atoms with Crippen LogP contribution in [0.25, 0.3) is 0 Å². The van der Waals surface area contributed by atoms with E-state index in [4.69, 9.17) is 9.47 Å². The van der Waals surface area contributed by atoms with Gasteiger partial charge in [-0.05, 0) is 31.0 Å². The van der Waals surface area contributed by atoms with E-state index in [2.05, 4.69) is 15.9 Å². The number of carbonyl (C=O) groups excluding carboxylic acids is 1. The number of aryl methyl sites for hydroxylation is 1. The minimum Gasteiger partial charge on any atom is -0.496 e. The fourth-order valence-electron chi connectivity index (χ4n) is 1.70. The lowest BCUT2D eigenvalue weighted by molar-refractivity contribution is -0.142. The van der Waals surface area contributed by atoms with Crippen LogP contribution >= 0.6 is 15.9 Å². The molecule has 17 heavy (non-hydrogen) atoms. The van der Waals surface area contributed by atoms with Gasteiger partial charge < -0.3 is 9.47 Å². The summed E-state index contributed by atoms with van der Waals surface area (Å²) < 4.78 is 10.3. The van der Waals surface area contributed by atoms with E-state index in [1.165, 1.54) is 0 Å². The number of hydrogen-bond donors (Lipinski definition) is 0. The molecule has 1 rings (SSSR count). The average Bonchev–Trinajstić information content (AvgIpc) is 2.31. The van der Waals surface area contributed by atoms with Gasteiger partial charge in [0.2, 0.25) is 0 Å². The molecule has 1 aromatic rings. The molecule has 0 unspecified atom stereocenters. The van der Waals surface area contributed by atoms with Gasteiger partial charge in [0.15, 0.2) is 0 Å². The Kier molecular flexibility index (Phi) is 5.48. The summed E-state index contributed by atoms with van der Waals surface area (Å²) in [5, 5.41) is 0.768. The summed E-state index contributed by atoms with van der Waals surface area (Å²) in [4.78, 5) is 11.5. The highest BCUT2D eigenvalue weighted by molar-refractivity contribution is 9.08. The summed E-state index contributed by atoms with van der Waals surface area (Å²) in [7, 11) is 1.61. The normalized spacial score (nSPS) is 10.1. The number of halogens is 1. The number of benzene rings is 1. The number of rotatable bonds is 5. The van der Waals surface area contributed by atoms with Gasteiger partial charge >= 0.3 is 5.97 Å². The van der Waals surface area contributed by atoms with Gasteiger partial charge in [0.1, 0.15) is 5.75 Å². The highest BCUT2D eigenvalue weighted by atomic mass is 79.9. The third kappa shape index (κ3) is 3.73. The first kappa shape index (κ1) is 14.0. The van der Waals surface area contributed by atoms with Crippen molar-refractivity contribution in [3.8, 4) is 5.75 Å². The van der Waals surface area contributed by atoms with E-state index >= 15 is 0 Å². The van der Waals surface area contributed by atoms with Crippen molar-refractivity contribution in [3.63, 3.8) is 0 Å². The second kappa shape index (κ2) is 6.64. The molecular formula is C13H17BrO3. The average molecular weight is 301 g/mol. The molecule has 0 spiro atoms. The van der Waals surface area contributed by atoms with Crippen molar-refractivity contribution in [1.29, 1.82) is 0 Å². The largest absolute Gasteiger partial charge is 0.496 e. The number of methoxy groups -OCH3 is 1. The summed E-state index contributed by atoms with van der Waals surface area (Å²) in [5.74, 6) is 0.521. The van der Waals surface area contributed by atoms with Gasteiger partial charge in [0.05, 0.1) is 20.1 Å². The molecule has 0 saturated heterocycles. The summed E-state index contributed by atoms with van der Waals surface area (Å²) in [6.07, 6.45) is 0.255. The zero-order valence-electron chi connectivity index (χ0n) is 10.4. The molecule has 0 aliphatic carbocycles. The molecule has 0 aliphatic rings. The first-order chi connectivity index (χ1) is 8.12. The van der Waals surface area contributed by atoms with Crippen molar-refractivity contribution < 1.29 is 14.3 Å². The summed E-state index contributed by atoms with van der Waals surface area (Å²) in [6, 6.07) is 3.99. The zero-order valence-corrected chi connectivity index (χ0v) is 12.0. The van der Waals surface area contributed by atoms with Gasteiger partial charge in [0, 0.05) is 10.9 Å². The molecule has 0 radical (unpaired) electrons. The molecule has 0 atom stereocenters. The number of esters is 1. The molecule has 0 heterocycles. The Labute approximate surface area is 110 Å². The predicted octanol–water partition coefficient (Wildman–Crippen LogP) is 3.00. The van der Waals surface area contributed by atoms with Gasteiger partial charge in [-0.15, -0.1) is 0 Å². The van der Waals surface area contributed by atoms with Crippen LogP contribution in [0, 0.1) is 6.92 Å². The first-order valence-corrected chi connectivity index (χ1v) is 6.62. The zero-order chi connectivity index (χ0) is 12.8. The van der Waals surface area contributed by atoms with Crippen LogP contribution in [0.4, 0.5) is 0 Å². The lowest BCUT2D eigenvalue weighted by atomic mass is 10.0. The van der Waals surface area contributed by atoms with Crippen LogP contribution in [0.15, 0.2) is 12.1 Å². The van der Waals surface area contributed by atoms with Gasteiger partial charge in [-0.25, -0.2) is 0 Å². The van der Waals surface area contributed by atoms with Crippen LogP contribution in [-0.2, 0) is 21.3 Å². The smallest absolute Gasteiger partial charge is 0.310 e. The molecule has 3 nitrogen and oxygen atoms in total. The third-order valence-electron chi connectivity index (χ3n) is 2.49. The Morgan fingerprint density at radius 3 is 2.65 bits per heavy atom. The van der Waals surface area contributed by atoms with Crippen molar-refractivity contribution in [3.05, 3.63) is 28.8 Å². The quantitative estimate of drug-likeness (QED) is 0.619. The fraction of sp³-hybridized carbons (Fsp3) is 0.462. The van der Waals surface area contributed by atoms with E-state index in [0.717, 1.165) is 27.8 Å². The highest BCUT2D eigenvalue weighted by Gasteiger charge is 2.13. The lowest BCUT2D eigenvalue weighted by Crippen LogP contribution is -2.10. The van der Waals surface area contributed by atoms with Gasteiger partial charge in [0.25, 0.3) is 0 Å². The Morgan fingerprint density at radius 1 is 1.41 bits per heavy atom. The van der Waals surface area contributed by atoms with Gasteiger partial charge in [-0.1, -0.05) is 22.0 Å². The molecule has 0 aromatic heterocycles. The van der Waals surface area contributed by atoms with Crippen LogP contribution in [0.3, 0.4) is 0 Å². The standard InChI is InChI=1S/C13H17BrO3/c1-4-17-13(15)7-11-9(2)5-10(8-14)6-12(11)16-3/h5-6H,4,7-8H2,1-3H3. The van der Waals surface area contributed by atoms with E-state index in [9.17, 15) is 4.79 Å². The van der Waals surface area contributed by atoms with Crippen molar-refractivity contribution in [2.45, 2.75) is 25.6 Å². The Balaban J connectivity index is 3.01. The van der Waals surface area contributed by atoms with Crippen LogP contribution in [-0.4, -0.2) is 19.7 Å². The summed E-state index contributed by atoms with van der Waals surface area (Å²) in [5.41, 5.74) is 3.08. The Bertz CT molecular complexity index is 402. The third-order valence-corrected chi connectivity index (χ3v) is 3.14. The summed E-state index contributed by atoms with van der Waals surface area (Å²) >= 11 is 3.41. The maximum Gasteiger partial charge on any atom is 0.310 e. The molecule has 94 valence electrons. The molecule has 4 heteroatoms. The van der Waals surface area contributed by atoms with E-state index in [1.807, 2.05) is 19.1 Å². The van der Waals surface area contributed by atoms with Crippen LogP contribution in [0.5, 0.6) is 5.75 Å². The van der Waals surface area contributed by atoms with E-state index in [-0.39, 0.29) is 12.4 Å². The summed E-state index contributed by atoms with van der Waals surface area (Å²) in [6.45, 7) is 4.18. The van der Waals surface area contributed by atoms with Crippen molar-refractivity contribution in [2.24, 2.45) is 0 Å². The van der Waals surface area contributed by atoms with Crippen molar-refractivity contribution >= 4 is 21.9 Å². The van der Waals surface area contributed by atoms with Gasteiger partial charge in [-0.2, -0.15) is 0 Å². The predicted molar refractivity (Wildman–Crippen MR) is 70.7 cm³/mol.